The van der Waals surface area contributed by atoms with Crippen LogP contribution in [0.15, 0.2) is 65.5 Å². The number of hydrogen-bond donors (Lipinski definition) is 1. The number of carbonyl (C=O) groups excluding carboxylic acids is 1. The van der Waals surface area contributed by atoms with Crippen molar-refractivity contribution in [1.82, 2.24) is 15.1 Å². The van der Waals surface area contributed by atoms with Gasteiger partial charge in [-0.05, 0) is 49.6 Å². The molecule has 1 unspecified atom stereocenters. The average molecular weight is 375 g/mol. The second-order valence-electron chi connectivity index (χ2n) is 7.03. The van der Waals surface area contributed by atoms with E-state index in [0.717, 1.165) is 16.8 Å². The predicted molar refractivity (Wildman–Crippen MR) is 111 cm³/mol. The number of aryl methyl sites for hydroxylation is 3. The number of hydrogen-bond acceptors (Lipinski definition) is 3. The Morgan fingerprint density at radius 3 is 2.50 bits per heavy atom. The van der Waals surface area contributed by atoms with Crippen LogP contribution in [0.5, 0.6) is 0 Å². The number of amides is 1. The lowest BCUT2D eigenvalue weighted by Crippen LogP contribution is -2.30. The highest BCUT2D eigenvalue weighted by atomic mass is 16.2. The van der Waals surface area contributed by atoms with Crippen LogP contribution in [0.4, 0.5) is 0 Å². The molecule has 0 fully saturated rings. The summed E-state index contributed by atoms with van der Waals surface area (Å²) in [5.41, 5.74) is 4.90. The maximum atomic E-state index is 12.3. The van der Waals surface area contributed by atoms with Crippen molar-refractivity contribution in [3.63, 3.8) is 0 Å². The number of aromatic nitrogens is 2. The molecule has 0 bridgehead atoms. The SMILES string of the molecule is Cc1ccc(-c2ccc(=O)n(CCC(=O)NC(C)c3ccccc3)n2)cc1C. The van der Waals surface area contributed by atoms with Crippen molar-refractivity contribution in [2.45, 2.75) is 39.8 Å². The quantitative estimate of drug-likeness (QED) is 0.713. The molecule has 1 aromatic heterocycles. The van der Waals surface area contributed by atoms with Crippen molar-refractivity contribution < 1.29 is 4.79 Å². The van der Waals surface area contributed by atoms with E-state index >= 15 is 0 Å². The number of rotatable bonds is 6. The topological polar surface area (TPSA) is 64.0 Å². The fraction of sp³-hybridized carbons (Fsp3) is 0.261. The van der Waals surface area contributed by atoms with Gasteiger partial charge in [0.1, 0.15) is 0 Å². The van der Waals surface area contributed by atoms with Crippen LogP contribution in [0.25, 0.3) is 11.3 Å². The summed E-state index contributed by atoms with van der Waals surface area (Å²) >= 11 is 0. The van der Waals surface area contributed by atoms with Crippen LogP contribution in [0.3, 0.4) is 0 Å². The summed E-state index contributed by atoms with van der Waals surface area (Å²) in [4.78, 5) is 24.4. The first-order chi connectivity index (χ1) is 13.4. The monoisotopic (exact) mass is 375 g/mol. The largest absolute Gasteiger partial charge is 0.350 e. The minimum absolute atomic E-state index is 0.0831. The lowest BCUT2D eigenvalue weighted by atomic mass is 10.0. The highest BCUT2D eigenvalue weighted by molar-refractivity contribution is 5.76. The summed E-state index contributed by atoms with van der Waals surface area (Å²) in [6.45, 7) is 6.29. The van der Waals surface area contributed by atoms with E-state index in [4.69, 9.17) is 0 Å². The Hall–Kier alpha value is -3.21. The first kappa shape index (κ1) is 19.5. The van der Waals surface area contributed by atoms with Gasteiger partial charge in [-0.1, -0.05) is 42.5 Å². The molecule has 3 rings (SSSR count). The fourth-order valence-corrected chi connectivity index (χ4v) is 3.01. The van der Waals surface area contributed by atoms with Crippen LogP contribution in [-0.2, 0) is 11.3 Å². The standard InChI is InChI=1S/C23H25N3O2/c1-16-9-10-20(15-17(16)2)21-11-12-23(28)26(25-21)14-13-22(27)24-18(3)19-7-5-4-6-8-19/h4-12,15,18H,13-14H2,1-3H3,(H,24,27). The molecule has 0 aliphatic carbocycles. The third kappa shape index (κ3) is 4.74. The Morgan fingerprint density at radius 2 is 1.79 bits per heavy atom. The second kappa shape index (κ2) is 8.65. The smallest absolute Gasteiger partial charge is 0.266 e. The Balaban J connectivity index is 1.68. The van der Waals surface area contributed by atoms with E-state index in [0.29, 0.717) is 0 Å². The van der Waals surface area contributed by atoms with Crippen LogP contribution in [0, 0.1) is 13.8 Å². The molecule has 28 heavy (non-hydrogen) atoms. The van der Waals surface area contributed by atoms with Crippen molar-refractivity contribution in [2.24, 2.45) is 0 Å². The maximum Gasteiger partial charge on any atom is 0.266 e. The van der Waals surface area contributed by atoms with Gasteiger partial charge in [0.15, 0.2) is 0 Å². The summed E-state index contributed by atoms with van der Waals surface area (Å²) in [7, 11) is 0. The van der Waals surface area contributed by atoms with Gasteiger partial charge < -0.3 is 5.32 Å². The molecule has 3 aromatic rings. The van der Waals surface area contributed by atoms with Crippen LogP contribution in [-0.4, -0.2) is 15.7 Å². The average Bonchev–Trinajstić information content (AvgIpc) is 2.70. The van der Waals surface area contributed by atoms with Crippen LogP contribution in [0.2, 0.25) is 0 Å². The first-order valence-electron chi connectivity index (χ1n) is 9.44. The van der Waals surface area contributed by atoms with E-state index in [2.05, 4.69) is 23.4 Å². The predicted octanol–water partition coefficient (Wildman–Crippen LogP) is 3.79. The van der Waals surface area contributed by atoms with E-state index < -0.39 is 0 Å². The molecule has 0 aliphatic heterocycles. The van der Waals surface area contributed by atoms with Crippen molar-refractivity contribution in [3.8, 4) is 11.3 Å². The van der Waals surface area contributed by atoms with Gasteiger partial charge in [-0.15, -0.1) is 0 Å². The van der Waals surface area contributed by atoms with Crippen LogP contribution < -0.4 is 10.9 Å². The molecule has 2 aromatic carbocycles. The first-order valence-corrected chi connectivity index (χ1v) is 9.44. The molecule has 0 aliphatic rings. The second-order valence-corrected chi connectivity index (χ2v) is 7.03. The Kier molecular flexibility index (Phi) is 6.04. The molecule has 1 amide bonds. The summed E-state index contributed by atoms with van der Waals surface area (Å²) in [6.07, 6.45) is 0.195. The van der Waals surface area contributed by atoms with Crippen molar-refractivity contribution in [1.29, 1.82) is 0 Å². The van der Waals surface area contributed by atoms with Gasteiger partial charge in [0, 0.05) is 18.1 Å². The molecule has 0 saturated carbocycles. The molecule has 0 saturated heterocycles. The highest BCUT2D eigenvalue weighted by Gasteiger charge is 2.11. The fourth-order valence-electron chi connectivity index (χ4n) is 3.01. The van der Waals surface area contributed by atoms with Crippen molar-refractivity contribution in [2.75, 3.05) is 0 Å². The molecule has 0 radical (unpaired) electrons. The zero-order chi connectivity index (χ0) is 20.1. The summed E-state index contributed by atoms with van der Waals surface area (Å²) in [6, 6.07) is 19.0. The minimum Gasteiger partial charge on any atom is -0.350 e. The summed E-state index contributed by atoms with van der Waals surface area (Å²) in [5, 5.41) is 7.41. The molecular weight excluding hydrogens is 350 g/mol. The third-order valence-corrected chi connectivity index (χ3v) is 4.90. The molecule has 5 heteroatoms. The molecule has 1 atom stereocenters. The van der Waals surface area contributed by atoms with E-state index in [1.807, 2.05) is 56.3 Å². The normalized spacial score (nSPS) is 11.8. The molecule has 1 N–H and O–H groups in total. The van der Waals surface area contributed by atoms with Gasteiger partial charge in [0.25, 0.3) is 5.56 Å². The molecule has 144 valence electrons. The van der Waals surface area contributed by atoms with Gasteiger partial charge in [-0.25, -0.2) is 4.68 Å². The Bertz CT molecular complexity index is 1030. The minimum atomic E-state index is -0.212. The zero-order valence-electron chi connectivity index (χ0n) is 16.5. The Morgan fingerprint density at radius 1 is 1.04 bits per heavy atom. The lowest BCUT2D eigenvalue weighted by Gasteiger charge is -2.14. The zero-order valence-corrected chi connectivity index (χ0v) is 16.5. The maximum absolute atomic E-state index is 12.3. The van der Waals surface area contributed by atoms with Crippen LogP contribution in [0.1, 0.15) is 36.1 Å². The van der Waals surface area contributed by atoms with Crippen LogP contribution >= 0.6 is 0 Å². The number of nitrogens with one attached hydrogen (secondary N) is 1. The number of nitrogens with zero attached hydrogens (tertiary/aromatic N) is 2. The van der Waals surface area contributed by atoms with Crippen molar-refractivity contribution >= 4 is 5.91 Å². The molecule has 1 heterocycles. The van der Waals surface area contributed by atoms with Gasteiger partial charge in [-0.3, -0.25) is 9.59 Å². The third-order valence-electron chi connectivity index (χ3n) is 4.90. The highest BCUT2D eigenvalue weighted by Crippen LogP contribution is 2.19. The van der Waals surface area contributed by atoms with Crippen molar-refractivity contribution in [3.05, 3.63) is 87.7 Å². The molecule has 0 spiro atoms. The molecule has 5 nitrogen and oxygen atoms in total. The van der Waals surface area contributed by atoms with Gasteiger partial charge in [0.2, 0.25) is 5.91 Å². The lowest BCUT2D eigenvalue weighted by molar-refractivity contribution is -0.122. The number of benzene rings is 2. The van der Waals surface area contributed by atoms with Gasteiger partial charge in [-0.2, -0.15) is 5.10 Å². The van der Waals surface area contributed by atoms with E-state index in [-0.39, 0.29) is 30.5 Å². The molecular formula is C23H25N3O2. The summed E-state index contributed by atoms with van der Waals surface area (Å²) in [5.74, 6) is -0.110. The number of carbonyl (C=O) groups is 1. The van der Waals surface area contributed by atoms with Gasteiger partial charge in [0.05, 0.1) is 18.3 Å². The Labute approximate surface area is 165 Å². The van der Waals surface area contributed by atoms with E-state index in [1.165, 1.54) is 21.9 Å². The van der Waals surface area contributed by atoms with Gasteiger partial charge >= 0.3 is 0 Å². The summed E-state index contributed by atoms with van der Waals surface area (Å²) < 4.78 is 1.36. The van der Waals surface area contributed by atoms with E-state index in [1.54, 1.807) is 6.07 Å². The van der Waals surface area contributed by atoms with E-state index in [9.17, 15) is 9.59 Å².